The molecule has 0 aliphatic heterocycles. The number of aryl methyl sites for hydroxylation is 1. The quantitative estimate of drug-likeness (QED) is 0.302. The third-order valence-electron chi connectivity index (χ3n) is 5.21. The Hall–Kier alpha value is -4.04. The Morgan fingerprint density at radius 3 is 2.43 bits per heavy atom. The van der Waals surface area contributed by atoms with Crippen molar-refractivity contribution in [1.29, 1.82) is 0 Å². The van der Waals surface area contributed by atoms with Crippen LogP contribution in [0, 0.1) is 6.92 Å². The molecule has 4 aromatic rings. The molecule has 0 spiro atoms. The lowest BCUT2D eigenvalue weighted by Gasteiger charge is -2.19. The summed E-state index contributed by atoms with van der Waals surface area (Å²) in [6.07, 6.45) is -2.54. The predicted molar refractivity (Wildman–Crippen MR) is 128 cm³/mol. The number of halogens is 3. The molecule has 0 saturated heterocycles. The molecule has 0 amide bonds. The Morgan fingerprint density at radius 2 is 1.84 bits per heavy atom. The highest BCUT2D eigenvalue weighted by molar-refractivity contribution is 7.90. The molecular formula is C23H21F3N6O4S. The third-order valence-corrected chi connectivity index (χ3v) is 6.47. The molecule has 0 aliphatic carbocycles. The molecule has 194 valence electrons. The first-order chi connectivity index (χ1) is 17.5. The first-order valence-electron chi connectivity index (χ1n) is 10.7. The summed E-state index contributed by atoms with van der Waals surface area (Å²) in [6, 6.07) is 12.7. The molecule has 0 saturated carbocycles. The fraction of sp³-hybridized carbons (Fsp3) is 0.217. The molecule has 0 bridgehead atoms. The zero-order valence-corrected chi connectivity index (χ0v) is 20.3. The van der Waals surface area contributed by atoms with E-state index < -0.39 is 33.8 Å². The lowest BCUT2D eigenvalue weighted by molar-refractivity contribution is -0.156. The van der Waals surface area contributed by atoms with Crippen molar-refractivity contribution in [2.45, 2.75) is 24.0 Å². The van der Waals surface area contributed by atoms with Crippen LogP contribution in [0.25, 0.3) is 11.5 Å². The van der Waals surface area contributed by atoms with Crippen LogP contribution in [0.3, 0.4) is 0 Å². The highest BCUT2D eigenvalue weighted by atomic mass is 32.2. The number of hydrogen-bond acceptors (Lipinski definition) is 10. The summed E-state index contributed by atoms with van der Waals surface area (Å²) in [6.45, 7) is 1.28. The first kappa shape index (κ1) is 26.0. The number of aliphatic hydroxyl groups excluding tert-OH is 1. The summed E-state index contributed by atoms with van der Waals surface area (Å²) in [7, 11) is -3.41. The van der Waals surface area contributed by atoms with Gasteiger partial charge in [-0.3, -0.25) is 0 Å². The van der Waals surface area contributed by atoms with Gasteiger partial charge in [0.15, 0.2) is 9.84 Å². The van der Waals surface area contributed by atoms with Gasteiger partial charge in [0, 0.05) is 18.1 Å². The van der Waals surface area contributed by atoms with Crippen molar-refractivity contribution in [2.24, 2.45) is 0 Å². The highest BCUT2D eigenvalue weighted by Gasteiger charge is 2.38. The molecule has 10 nitrogen and oxygen atoms in total. The summed E-state index contributed by atoms with van der Waals surface area (Å²) < 4.78 is 67.6. The Balaban J connectivity index is 1.72. The summed E-state index contributed by atoms with van der Waals surface area (Å²) in [4.78, 5) is 8.66. The van der Waals surface area contributed by atoms with Crippen molar-refractivity contribution >= 4 is 27.3 Å². The first-order valence-corrected chi connectivity index (χ1v) is 12.6. The fourth-order valence-corrected chi connectivity index (χ4v) is 4.47. The molecule has 2 aromatic carbocycles. The number of alkyl halides is 3. The number of sulfone groups is 1. The molecule has 14 heteroatoms. The Morgan fingerprint density at radius 1 is 1.11 bits per heavy atom. The van der Waals surface area contributed by atoms with Crippen LogP contribution in [-0.2, 0) is 16.0 Å². The number of nitrogens with zero attached hydrogens (tertiary/aromatic N) is 4. The smallest absolute Gasteiger partial charge is 0.412 e. The van der Waals surface area contributed by atoms with E-state index in [0.29, 0.717) is 16.8 Å². The van der Waals surface area contributed by atoms with Gasteiger partial charge in [-0.1, -0.05) is 30.3 Å². The largest absolute Gasteiger partial charge is 0.470 e. The third kappa shape index (κ3) is 6.03. The van der Waals surface area contributed by atoms with Gasteiger partial charge in [-0.25, -0.2) is 13.4 Å². The minimum atomic E-state index is -4.84. The molecule has 3 N–H and O–H groups in total. The van der Waals surface area contributed by atoms with Crippen LogP contribution in [0.4, 0.5) is 30.6 Å². The monoisotopic (exact) mass is 534 g/mol. The Labute approximate surface area is 209 Å². The van der Waals surface area contributed by atoms with E-state index in [1.54, 1.807) is 43.3 Å². The standard InChI is InChI=1S/C23H21F3N6O4S/c1-13-10-15(8-9-18(13)37(2,34)35)28-22-27-11-16(20-31-32-21(36-20)23(24,25)26)19(30-22)29-17(12-33)14-6-4-3-5-7-14/h3-11,17,33H,12H2,1-2H3,(H2,27,28,29,30)/t17-/m1/s1. The maximum atomic E-state index is 13.0. The van der Waals surface area contributed by atoms with E-state index in [4.69, 9.17) is 4.42 Å². The number of hydrogen-bond donors (Lipinski definition) is 3. The molecule has 2 heterocycles. The van der Waals surface area contributed by atoms with Crippen LogP contribution in [0.15, 0.2) is 64.0 Å². The molecule has 0 fully saturated rings. The van der Waals surface area contributed by atoms with E-state index in [0.717, 1.165) is 6.26 Å². The van der Waals surface area contributed by atoms with Crippen molar-refractivity contribution in [1.82, 2.24) is 20.2 Å². The lowest BCUT2D eigenvalue weighted by atomic mass is 10.1. The van der Waals surface area contributed by atoms with Gasteiger partial charge in [-0.2, -0.15) is 18.2 Å². The maximum absolute atomic E-state index is 13.0. The number of anilines is 3. The van der Waals surface area contributed by atoms with E-state index >= 15 is 0 Å². The number of aliphatic hydroxyl groups is 1. The zero-order chi connectivity index (χ0) is 26.8. The number of benzene rings is 2. The summed E-state index contributed by atoms with van der Waals surface area (Å²) in [5.74, 6) is -1.95. The van der Waals surface area contributed by atoms with Crippen molar-refractivity contribution in [3.8, 4) is 11.5 Å². The van der Waals surface area contributed by atoms with Crippen LogP contribution in [0.1, 0.15) is 23.1 Å². The van der Waals surface area contributed by atoms with E-state index in [2.05, 4.69) is 30.8 Å². The Kier molecular flexibility index (Phi) is 7.14. The van der Waals surface area contributed by atoms with Crippen molar-refractivity contribution in [3.63, 3.8) is 0 Å². The van der Waals surface area contributed by atoms with E-state index in [1.165, 1.54) is 18.3 Å². The molecule has 4 rings (SSSR count). The van der Waals surface area contributed by atoms with E-state index in [9.17, 15) is 26.7 Å². The van der Waals surface area contributed by atoms with Crippen LogP contribution in [0.5, 0.6) is 0 Å². The normalized spacial score (nSPS) is 12.8. The van der Waals surface area contributed by atoms with Crippen molar-refractivity contribution in [3.05, 3.63) is 71.7 Å². The van der Waals surface area contributed by atoms with Crippen LogP contribution >= 0.6 is 0 Å². The van der Waals surface area contributed by atoms with Gasteiger partial charge in [0.05, 0.1) is 23.1 Å². The second-order valence-electron chi connectivity index (χ2n) is 8.03. The van der Waals surface area contributed by atoms with Gasteiger partial charge in [0.25, 0.3) is 5.89 Å². The summed E-state index contributed by atoms with van der Waals surface area (Å²) >= 11 is 0. The SMILES string of the molecule is Cc1cc(Nc2ncc(-c3nnc(C(F)(F)F)o3)c(N[C@H](CO)c3ccccc3)n2)ccc1S(C)(=O)=O. The average Bonchev–Trinajstić information content (AvgIpc) is 3.33. The highest BCUT2D eigenvalue weighted by Crippen LogP contribution is 2.34. The van der Waals surface area contributed by atoms with Gasteiger partial charge in [0.1, 0.15) is 5.82 Å². The molecule has 0 unspecified atom stereocenters. The minimum absolute atomic E-state index is 0.0160. The van der Waals surface area contributed by atoms with Gasteiger partial charge < -0.3 is 20.2 Å². The fourth-order valence-electron chi connectivity index (χ4n) is 3.51. The maximum Gasteiger partial charge on any atom is 0.470 e. The van der Waals surface area contributed by atoms with E-state index in [-0.39, 0.29) is 28.8 Å². The van der Waals surface area contributed by atoms with Crippen molar-refractivity contribution < 1.29 is 31.1 Å². The molecule has 37 heavy (non-hydrogen) atoms. The summed E-state index contributed by atoms with van der Waals surface area (Å²) in [5.41, 5.74) is 1.64. The molecule has 0 radical (unpaired) electrons. The Bertz CT molecular complexity index is 1510. The van der Waals surface area contributed by atoms with Crippen LogP contribution in [-0.4, -0.2) is 46.6 Å². The molecule has 2 aromatic heterocycles. The van der Waals surface area contributed by atoms with Gasteiger partial charge in [0.2, 0.25) is 5.95 Å². The lowest BCUT2D eigenvalue weighted by Crippen LogP contribution is -2.17. The second-order valence-corrected chi connectivity index (χ2v) is 10.0. The van der Waals surface area contributed by atoms with Crippen LogP contribution < -0.4 is 10.6 Å². The van der Waals surface area contributed by atoms with Crippen molar-refractivity contribution in [2.75, 3.05) is 23.5 Å². The minimum Gasteiger partial charge on any atom is -0.412 e. The zero-order valence-electron chi connectivity index (χ0n) is 19.5. The van der Waals surface area contributed by atoms with Gasteiger partial charge in [-0.15, -0.1) is 10.2 Å². The average molecular weight is 535 g/mol. The topological polar surface area (TPSA) is 143 Å². The molecular weight excluding hydrogens is 513 g/mol. The molecule has 1 atom stereocenters. The number of nitrogens with one attached hydrogen (secondary N) is 2. The number of aromatic nitrogens is 4. The van der Waals surface area contributed by atoms with Gasteiger partial charge >= 0.3 is 12.1 Å². The number of rotatable bonds is 8. The van der Waals surface area contributed by atoms with Crippen LogP contribution in [0.2, 0.25) is 0 Å². The second kappa shape index (κ2) is 10.1. The van der Waals surface area contributed by atoms with E-state index in [1.807, 2.05) is 0 Å². The predicted octanol–water partition coefficient (Wildman–Crippen LogP) is 4.15. The molecule has 0 aliphatic rings. The van der Waals surface area contributed by atoms with Gasteiger partial charge in [-0.05, 0) is 36.2 Å². The summed E-state index contributed by atoms with van der Waals surface area (Å²) in [5, 5.41) is 22.4.